The van der Waals surface area contributed by atoms with Crippen LogP contribution in [0.5, 0.6) is 11.6 Å². The molecule has 0 aliphatic rings. The molecule has 4 nitrogen and oxygen atoms in total. The summed E-state index contributed by atoms with van der Waals surface area (Å²) in [4.78, 5) is 9.60. The van der Waals surface area contributed by atoms with Crippen LogP contribution in [0.3, 0.4) is 0 Å². The van der Waals surface area contributed by atoms with E-state index in [-0.39, 0.29) is 12.7 Å². The molecule has 0 bridgehead atoms. The van der Waals surface area contributed by atoms with Gasteiger partial charge in [-0.2, -0.15) is 0 Å². The lowest BCUT2D eigenvalue weighted by Gasteiger charge is -2.19. The smallest absolute Gasteiger partial charge is 0.236 e. The first-order valence-corrected chi connectivity index (χ1v) is 10.0. The van der Waals surface area contributed by atoms with Gasteiger partial charge in [-0.15, -0.1) is 0 Å². The van der Waals surface area contributed by atoms with Crippen molar-refractivity contribution in [3.8, 4) is 22.9 Å². The summed E-state index contributed by atoms with van der Waals surface area (Å²) in [6.07, 6.45) is 3.42. The Bertz CT molecular complexity index is 751. The lowest BCUT2D eigenvalue weighted by molar-refractivity contribution is 0.181. The van der Waals surface area contributed by atoms with Crippen LogP contribution in [0.25, 0.3) is 11.3 Å². The molecule has 0 radical (unpaired) electrons. The molecule has 0 aliphatic heterocycles. The molecule has 0 saturated heterocycles. The first-order valence-electron chi connectivity index (χ1n) is 9.62. The molecule has 0 atom stereocenters. The quantitative estimate of drug-likeness (QED) is 0.508. The van der Waals surface area contributed by atoms with E-state index in [0.29, 0.717) is 23.1 Å². The normalized spacial score (nSPS) is 11.1. The van der Waals surface area contributed by atoms with Crippen molar-refractivity contribution in [2.24, 2.45) is 0 Å². The van der Waals surface area contributed by atoms with Crippen LogP contribution >= 0.6 is 11.6 Å². The van der Waals surface area contributed by atoms with Crippen molar-refractivity contribution in [2.45, 2.75) is 59.5 Å². The predicted octanol–water partition coefficient (Wildman–Crippen LogP) is 5.84. The van der Waals surface area contributed by atoms with Gasteiger partial charge < -0.3 is 9.47 Å². The Kier molecular flexibility index (Phi) is 8.29. The molecule has 2 rings (SSSR count). The summed E-state index contributed by atoms with van der Waals surface area (Å²) in [5, 5.41) is 0.506. The lowest BCUT2D eigenvalue weighted by atomic mass is 10.1. The maximum atomic E-state index is 12.3. The maximum absolute atomic E-state index is 12.3. The highest BCUT2D eigenvalue weighted by Crippen LogP contribution is 2.34. The lowest BCUT2D eigenvalue weighted by Crippen LogP contribution is -2.17. The second-order valence-corrected chi connectivity index (χ2v) is 6.62. The minimum Gasteiger partial charge on any atom is -0.491 e. The van der Waals surface area contributed by atoms with Gasteiger partial charge in [0.15, 0.2) is 0 Å². The van der Waals surface area contributed by atoms with E-state index in [1.165, 1.54) is 0 Å². The van der Waals surface area contributed by atoms with Gasteiger partial charge in [-0.25, -0.2) is 14.4 Å². The highest BCUT2D eigenvalue weighted by atomic mass is 35.5. The van der Waals surface area contributed by atoms with Crippen LogP contribution in [0, 0.1) is 0 Å². The molecule has 0 spiro atoms. The Morgan fingerprint density at radius 3 is 2.30 bits per heavy atom. The third-order valence-corrected chi connectivity index (χ3v) is 4.72. The van der Waals surface area contributed by atoms with Crippen molar-refractivity contribution in [3.05, 3.63) is 34.6 Å². The number of benzene rings is 1. The van der Waals surface area contributed by atoms with E-state index in [9.17, 15) is 4.39 Å². The van der Waals surface area contributed by atoms with Gasteiger partial charge in [0.05, 0.1) is 22.5 Å². The van der Waals surface area contributed by atoms with Crippen LogP contribution in [0.1, 0.15) is 51.9 Å². The minimum atomic E-state index is -0.539. The molecule has 0 N–H and O–H groups in total. The molecule has 2 aromatic rings. The molecule has 0 fully saturated rings. The van der Waals surface area contributed by atoms with Gasteiger partial charge in [-0.3, -0.25) is 0 Å². The number of rotatable bonds is 10. The summed E-state index contributed by atoms with van der Waals surface area (Å²) in [6, 6.07) is 5.31. The number of aromatic nitrogens is 2. The summed E-state index contributed by atoms with van der Waals surface area (Å²) >= 11 is 6.46. The Balaban J connectivity index is 2.44. The van der Waals surface area contributed by atoms with E-state index in [4.69, 9.17) is 31.0 Å². The summed E-state index contributed by atoms with van der Waals surface area (Å²) in [5.41, 5.74) is 3.21. The first-order chi connectivity index (χ1) is 13.1. The molecule has 0 amide bonds. The van der Waals surface area contributed by atoms with E-state index in [1.54, 1.807) is 12.1 Å². The number of hydrogen-bond donors (Lipinski definition) is 0. The van der Waals surface area contributed by atoms with Crippen molar-refractivity contribution in [2.75, 3.05) is 13.3 Å². The third-order valence-electron chi connectivity index (χ3n) is 4.40. The van der Waals surface area contributed by atoms with Crippen LogP contribution in [0.2, 0.25) is 5.02 Å². The number of hydrogen-bond acceptors (Lipinski definition) is 4. The highest BCUT2D eigenvalue weighted by molar-refractivity contribution is 6.33. The molecule has 148 valence electrons. The van der Waals surface area contributed by atoms with Crippen LogP contribution in [-0.2, 0) is 12.8 Å². The van der Waals surface area contributed by atoms with E-state index in [2.05, 4.69) is 13.8 Å². The molecular weight excluding hydrogens is 367 g/mol. The summed E-state index contributed by atoms with van der Waals surface area (Å²) < 4.78 is 23.7. The number of alkyl halides is 1. The average Bonchev–Trinajstić information content (AvgIpc) is 2.70. The average molecular weight is 395 g/mol. The second-order valence-electron chi connectivity index (χ2n) is 6.21. The summed E-state index contributed by atoms with van der Waals surface area (Å²) in [7, 11) is 0. The SMILES string of the molecule is CCc1nc(-c2ccc(OCCF)cc2Cl)c(CC)nc1OC(CC)CC. The Labute approximate surface area is 166 Å². The largest absolute Gasteiger partial charge is 0.491 e. The van der Waals surface area contributed by atoms with Gasteiger partial charge in [0.1, 0.15) is 24.7 Å². The molecule has 1 aromatic heterocycles. The fourth-order valence-electron chi connectivity index (χ4n) is 2.82. The van der Waals surface area contributed by atoms with Crippen molar-refractivity contribution >= 4 is 11.6 Å². The zero-order valence-corrected chi connectivity index (χ0v) is 17.3. The Morgan fingerprint density at radius 1 is 1.04 bits per heavy atom. The van der Waals surface area contributed by atoms with E-state index >= 15 is 0 Å². The first kappa shape index (κ1) is 21.4. The fraction of sp³-hybridized carbons (Fsp3) is 0.524. The van der Waals surface area contributed by atoms with Gasteiger partial charge in [-0.05, 0) is 43.9 Å². The topological polar surface area (TPSA) is 44.2 Å². The van der Waals surface area contributed by atoms with Crippen molar-refractivity contribution in [3.63, 3.8) is 0 Å². The molecule has 27 heavy (non-hydrogen) atoms. The van der Waals surface area contributed by atoms with Crippen LogP contribution in [0.15, 0.2) is 18.2 Å². The fourth-order valence-corrected chi connectivity index (χ4v) is 3.08. The van der Waals surface area contributed by atoms with Crippen LogP contribution < -0.4 is 9.47 Å². The number of nitrogens with zero attached hydrogens (tertiary/aromatic N) is 2. The number of aryl methyl sites for hydroxylation is 2. The zero-order chi connectivity index (χ0) is 19.8. The molecular formula is C21H28ClFN2O2. The highest BCUT2D eigenvalue weighted by Gasteiger charge is 2.18. The van der Waals surface area contributed by atoms with E-state index in [1.807, 2.05) is 19.9 Å². The van der Waals surface area contributed by atoms with E-state index < -0.39 is 6.67 Å². The second kappa shape index (κ2) is 10.5. The summed E-state index contributed by atoms with van der Waals surface area (Å²) in [5.74, 6) is 1.16. The standard InChI is InChI=1S/C21H28ClFN2O2/c1-5-14(6-2)27-21-19(8-4)24-20(18(7-3)25-21)16-10-9-15(13-17(16)22)26-12-11-23/h9-10,13-14H,5-8,11-12H2,1-4H3. The minimum absolute atomic E-state index is 0.0116. The summed E-state index contributed by atoms with van der Waals surface area (Å²) in [6.45, 7) is 7.75. The number of halogens is 2. The van der Waals surface area contributed by atoms with Gasteiger partial charge >= 0.3 is 0 Å². The van der Waals surface area contributed by atoms with Gasteiger partial charge in [0, 0.05) is 5.56 Å². The van der Waals surface area contributed by atoms with Crippen LogP contribution in [-0.4, -0.2) is 29.4 Å². The van der Waals surface area contributed by atoms with Crippen LogP contribution in [0.4, 0.5) is 4.39 Å². The molecule has 6 heteroatoms. The Hall–Kier alpha value is -1.88. The number of ether oxygens (including phenoxy) is 2. The monoisotopic (exact) mass is 394 g/mol. The zero-order valence-electron chi connectivity index (χ0n) is 16.5. The van der Waals surface area contributed by atoms with Crippen molar-refractivity contribution in [1.82, 2.24) is 9.97 Å². The molecule has 1 aromatic carbocycles. The molecule has 0 saturated carbocycles. The predicted molar refractivity (Wildman–Crippen MR) is 108 cm³/mol. The van der Waals surface area contributed by atoms with Crippen molar-refractivity contribution in [1.29, 1.82) is 0 Å². The van der Waals surface area contributed by atoms with Crippen molar-refractivity contribution < 1.29 is 13.9 Å². The molecule has 0 aliphatic carbocycles. The third kappa shape index (κ3) is 5.32. The Morgan fingerprint density at radius 2 is 1.74 bits per heavy atom. The van der Waals surface area contributed by atoms with Gasteiger partial charge in [0.25, 0.3) is 0 Å². The van der Waals surface area contributed by atoms with Gasteiger partial charge in [0.2, 0.25) is 5.88 Å². The van der Waals surface area contributed by atoms with E-state index in [0.717, 1.165) is 41.9 Å². The maximum Gasteiger partial charge on any atom is 0.236 e. The molecule has 1 heterocycles. The van der Waals surface area contributed by atoms with Gasteiger partial charge in [-0.1, -0.05) is 39.3 Å². The molecule has 0 unspecified atom stereocenters.